The molecule has 8 N–H and O–H groups in total. The van der Waals surface area contributed by atoms with Crippen LogP contribution in [0.25, 0.3) is 16.6 Å². The number of aromatic nitrogens is 1. The molecule has 0 spiro atoms. The van der Waals surface area contributed by atoms with Crippen LogP contribution in [-0.4, -0.2) is 115 Å². The fraction of sp³-hybridized carbons (Fsp3) is 0.426. The molecule has 326 valence electrons. The number of allylic oxidation sites excluding steroid dienone is 1. The summed E-state index contributed by atoms with van der Waals surface area (Å²) in [5, 5.41) is 10.5. The number of benzene rings is 3. The van der Waals surface area contributed by atoms with Crippen LogP contribution in [0, 0.1) is 19.8 Å². The number of aliphatic hydroxyl groups excluding tert-OH is 1. The minimum Gasteiger partial charge on any atom is -0.400 e. The number of nitrogens with two attached hydrogens (primary N) is 3. The first-order valence-corrected chi connectivity index (χ1v) is 21.4. The number of rotatable bonds is 8. The molecule has 0 atom stereocenters. The Kier molecular flexibility index (Phi) is 15.5. The van der Waals surface area contributed by atoms with Crippen molar-refractivity contribution < 1.29 is 24.2 Å². The van der Waals surface area contributed by atoms with Gasteiger partial charge in [0.15, 0.2) is 0 Å². The second-order valence-electron chi connectivity index (χ2n) is 16.2. The van der Waals surface area contributed by atoms with Crippen molar-refractivity contribution in [2.45, 2.75) is 52.0 Å². The lowest BCUT2D eigenvalue weighted by atomic mass is 9.94. The van der Waals surface area contributed by atoms with E-state index >= 15 is 0 Å². The van der Waals surface area contributed by atoms with Crippen molar-refractivity contribution in [2.75, 3.05) is 77.6 Å². The fourth-order valence-electron chi connectivity index (χ4n) is 8.83. The molecule has 14 heteroatoms. The predicted molar refractivity (Wildman–Crippen MR) is 241 cm³/mol. The number of nitrogens with one attached hydrogen (secondary N) is 1. The smallest absolute Gasteiger partial charge is 0.328 e. The van der Waals surface area contributed by atoms with E-state index in [-0.39, 0.29) is 23.7 Å². The van der Waals surface area contributed by atoms with Gasteiger partial charge in [0.1, 0.15) is 5.82 Å². The van der Waals surface area contributed by atoms with Crippen molar-refractivity contribution in [3.63, 3.8) is 0 Å². The van der Waals surface area contributed by atoms with Gasteiger partial charge in [-0.25, -0.2) is 4.79 Å². The highest BCUT2D eigenvalue weighted by atomic mass is 16.5. The van der Waals surface area contributed by atoms with Crippen LogP contribution in [0.15, 0.2) is 96.6 Å². The summed E-state index contributed by atoms with van der Waals surface area (Å²) in [6.07, 6.45) is 8.64. The molecule has 4 aliphatic rings. The molecule has 8 rings (SSSR count). The van der Waals surface area contributed by atoms with Crippen molar-refractivity contribution in [1.82, 2.24) is 24.6 Å². The predicted octanol–water partition coefficient (Wildman–Crippen LogP) is 4.91. The molecule has 4 amide bonds. The number of hydrogen-bond donors (Lipinski definition) is 5. The van der Waals surface area contributed by atoms with E-state index in [1.165, 1.54) is 0 Å². The van der Waals surface area contributed by atoms with Gasteiger partial charge in [-0.2, -0.15) is 0 Å². The molecule has 4 fully saturated rings. The van der Waals surface area contributed by atoms with Crippen LogP contribution in [0.2, 0.25) is 0 Å². The van der Waals surface area contributed by atoms with Crippen molar-refractivity contribution in [3.05, 3.63) is 119 Å². The monoisotopic (exact) mass is 833 g/mol. The number of aryl methyl sites for hydroxylation is 2. The number of hydrogen-bond acceptors (Lipinski definition) is 10. The van der Waals surface area contributed by atoms with Gasteiger partial charge in [0.25, 0.3) is 5.91 Å². The van der Waals surface area contributed by atoms with Gasteiger partial charge in [-0.1, -0.05) is 54.1 Å². The average Bonchev–Trinajstić information content (AvgIpc) is 3.72. The van der Waals surface area contributed by atoms with Crippen molar-refractivity contribution >= 4 is 40.1 Å². The van der Waals surface area contributed by atoms with E-state index in [4.69, 9.17) is 27.0 Å². The molecule has 14 nitrogen and oxygen atoms in total. The second-order valence-corrected chi connectivity index (χ2v) is 16.2. The first-order valence-electron chi connectivity index (χ1n) is 21.4. The zero-order valence-electron chi connectivity index (χ0n) is 35.9. The topological polar surface area (TPSA) is 189 Å². The summed E-state index contributed by atoms with van der Waals surface area (Å²) in [5.74, 6) is 0.866. The van der Waals surface area contributed by atoms with Crippen LogP contribution in [0.3, 0.4) is 0 Å². The highest BCUT2D eigenvalue weighted by Crippen LogP contribution is 2.36. The molecule has 5 heterocycles. The Morgan fingerprint density at radius 3 is 2.15 bits per heavy atom. The van der Waals surface area contributed by atoms with Crippen molar-refractivity contribution in [1.29, 1.82) is 0 Å². The molecule has 4 aromatic rings. The average molecular weight is 834 g/mol. The maximum Gasteiger partial charge on any atom is 0.328 e. The van der Waals surface area contributed by atoms with Crippen LogP contribution in [-0.2, 0) is 9.53 Å². The number of carbonyl (C=O) groups is 3. The largest absolute Gasteiger partial charge is 0.400 e. The van der Waals surface area contributed by atoms with Crippen LogP contribution in [0.1, 0.15) is 65.2 Å². The van der Waals surface area contributed by atoms with Crippen LogP contribution >= 0.6 is 0 Å². The number of aliphatic hydroxyl groups is 1. The molecule has 0 aliphatic carbocycles. The van der Waals surface area contributed by atoms with Crippen molar-refractivity contribution in [3.8, 4) is 0 Å². The van der Waals surface area contributed by atoms with Gasteiger partial charge in [-0.05, 0) is 86.9 Å². The number of morpholine rings is 1. The fourth-order valence-corrected chi connectivity index (χ4v) is 8.83. The normalized spacial score (nSPS) is 18.2. The Balaban J connectivity index is 0.000000249. The maximum absolute atomic E-state index is 12.9. The van der Waals surface area contributed by atoms with E-state index in [9.17, 15) is 14.4 Å². The van der Waals surface area contributed by atoms with Crippen LogP contribution < -0.4 is 27.4 Å². The summed E-state index contributed by atoms with van der Waals surface area (Å²) in [7, 11) is 1.00. The molecular weight excluding hydrogens is 771 g/mol. The van der Waals surface area contributed by atoms with E-state index < -0.39 is 0 Å². The van der Waals surface area contributed by atoms with E-state index in [1.807, 2.05) is 79.4 Å². The number of fused-ring (bicyclic) bond motifs is 1. The minimum atomic E-state index is -0.335. The number of piperidine rings is 2. The molecule has 3 aromatic carbocycles. The number of carbonyl (C=O) groups excluding carboxylic acids is 3. The third kappa shape index (κ3) is 11.1. The number of anilines is 1. The van der Waals surface area contributed by atoms with E-state index in [0.29, 0.717) is 43.8 Å². The Morgan fingerprint density at radius 1 is 0.803 bits per heavy atom. The molecule has 0 radical (unpaired) electrons. The number of urea groups is 1. The lowest BCUT2D eigenvalue weighted by Gasteiger charge is -2.38. The maximum atomic E-state index is 12.9. The summed E-state index contributed by atoms with van der Waals surface area (Å²) >= 11 is 0. The molecule has 1 aromatic heterocycles. The first-order chi connectivity index (χ1) is 29.5. The van der Waals surface area contributed by atoms with E-state index in [2.05, 4.69) is 44.1 Å². The molecule has 4 saturated heterocycles. The lowest BCUT2D eigenvalue weighted by Crippen LogP contribution is -2.49. The standard InChI is InChI=1S/C32H39N5O3.C14H20N4O.CH4O/c1-22-4-3-5-25(20-22)31(39)35-16-8-24(9-17-35)21-34-14-10-26(11-15-34)36-18-12-27-28(36)7-6-23(2)30(27)37-19-13-29(38)33-32(37)40;15-12(11-4-2-1-3-5-11)10-13(14(16)17)18-6-8-19-9-7-18;1-2/h3-7,12,18,20,24,26H,8-11,13-17,19,21H2,1-2H3,(H,33,38,40);1-5,10H,6-9,15-17H2;2H,1H3/b;12-10-;. The highest BCUT2D eigenvalue weighted by Gasteiger charge is 2.30. The number of ether oxygens (including phenoxy) is 1. The number of imide groups is 1. The van der Waals surface area contributed by atoms with Gasteiger partial charge < -0.3 is 46.3 Å². The van der Waals surface area contributed by atoms with Gasteiger partial charge in [0.2, 0.25) is 5.91 Å². The SMILES string of the molecule is CO.Cc1cccc(C(=O)N2CCC(CN3CCC(n4ccc5c(N6CCC(=O)NC6=O)c(C)ccc54)CC3)CC2)c1.NC(N)=C(/C=C(\N)c1ccccc1)N1CCOCC1. The third-order valence-corrected chi connectivity index (χ3v) is 12.1. The van der Waals surface area contributed by atoms with Gasteiger partial charge in [-0.3, -0.25) is 19.8 Å². The van der Waals surface area contributed by atoms with Gasteiger partial charge in [-0.15, -0.1) is 0 Å². The van der Waals surface area contributed by atoms with E-state index in [0.717, 1.165) is 123 Å². The summed E-state index contributed by atoms with van der Waals surface area (Å²) in [6, 6.07) is 24.1. The van der Waals surface area contributed by atoms with Gasteiger partial charge in [0, 0.05) is 94.8 Å². The highest BCUT2D eigenvalue weighted by molar-refractivity contribution is 6.10. The summed E-state index contributed by atoms with van der Waals surface area (Å²) in [5.41, 5.74) is 25.0. The molecular formula is C47H63N9O5. The van der Waals surface area contributed by atoms with Crippen LogP contribution in [0.5, 0.6) is 0 Å². The Hall–Kier alpha value is -5.83. The number of likely N-dealkylation sites (tertiary alicyclic amines) is 2. The van der Waals surface area contributed by atoms with Gasteiger partial charge in [0.05, 0.1) is 30.1 Å². The quantitative estimate of drug-likeness (QED) is 0.153. The zero-order valence-corrected chi connectivity index (χ0v) is 35.9. The minimum absolute atomic E-state index is 0.162. The molecule has 0 saturated carbocycles. The number of nitrogens with zero attached hydrogens (tertiary/aromatic N) is 5. The summed E-state index contributed by atoms with van der Waals surface area (Å²) in [6.45, 7) is 12.3. The Morgan fingerprint density at radius 2 is 1.49 bits per heavy atom. The third-order valence-electron chi connectivity index (χ3n) is 12.1. The molecule has 61 heavy (non-hydrogen) atoms. The molecule has 0 bridgehead atoms. The Bertz CT molecular complexity index is 2180. The van der Waals surface area contributed by atoms with Gasteiger partial charge >= 0.3 is 6.03 Å². The summed E-state index contributed by atoms with van der Waals surface area (Å²) in [4.78, 5) is 45.6. The van der Waals surface area contributed by atoms with E-state index in [1.54, 1.807) is 4.90 Å². The summed E-state index contributed by atoms with van der Waals surface area (Å²) < 4.78 is 7.71. The van der Waals surface area contributed by atoms with Crippen molar-refractivity contribution in [2.24, 2.45) is 23.1 Å². The lowest BCUT2D eigenvalue weighted by molar-refractivity contribution is -0.120. The molecule has 4 aliphatic heterocycles. The number of amides is 4. The molecule has 0 unspecified atom stereocenters. The zero-order chi connectivity index (χ0) is 43.5. The Labute approximate surface area is 359 Å². The van der Waals surface area contributed by atoms with Crippen LogP contribution in [0.4, 0.5) is 10.5 Å². The second kappa shape index (κ2) is 21.1. The first kappa shape index (κ1) is 44.7.